The van der Waals surface area contributed by atoms with Crippen molar-refractivity contribution in [3.8, 4) is 17.3 Å². The van der Waals surface area contributed by atoms with Crippen LogP contribution in [0.1, 0.15) is 5.56 Å². The van der Waals surface area contributed by atoms with Gasteiger partial charge in [-0.1, -0.05) is 30.3 Å². The number of aryl methyl sites for hydroxylation is 2. The number of nitrogens with one attached hydrogen (secondary N) is 2. The molecule has 0 unspecified atom stereocenters. The fourth-order valence-electron chi connectivity index (χ4n) is 4.11. The molecule has 10 nitrogen and oxygen atoms in total. The molecule has 0 saturated heterocycles. The number of ether oxygens (including phenoxy) is 1. The van der Waals surface area contributed by atoms with Crippen molar-refractivity contribution in [2.45, 2.75) is 13.0 Å². The number of nitrogens with zero attached hydrogens (tertiary/aromatic N) is 5. The number of hydrogen-bond donors (Lipinski definition) is 2. The second-order valence-corrected chi connectivity index (χ2v) is 8.42. The number of urea groups is 1. The summed E-state index contributed by atoms with van der Waals surface area (Å²) in [6.45, 7) is 0.770. The van der Waals surface area contributed by atoms with Crippen LogP contribution in [-0.4, -0.2) is 37.3 Å². The SMILES string of the molecule is COc1ccc(NC(=O)Nc2nc3cn(CCc4ccccc4)cc3c3nc(-c4ccco4)nn23)cc1. The molecule has 0 saturated carbocycles. The fourth-order valence-corrected chi connectivity index (χ4v) is 4.11. The molecule has 0 aliphatic rings. The summed E-state index contributed by atoms with van der Waals surface area (Å²) in [4.78, 5) is 22.2. The molecule has 0 fully saturated rings. The van der Waals surface area contributed by atoms with E-state index in [1.165, 1.54) is 10.1 Å². The molecule has 37 heavy (non-hydrogen) atoms. The van der Waals surface area contributed by atoms with Gasteiger partial charge in [0.1, 0.15) is 5.75 Å². The van der Waals surface area contributed by atoms with Gasteiger partial charge in [0.25, 0.3) is 0 Å². The largest absolute Gasteiger partial charge is 0.497 e. The maximum absolute atomic E-state index is 12.8. The normalized spacial score (nSPS) is 11.2. The van der Waals surface area contributed by atoms with E-state index in [1.54, 1.807) is 49.8 Å². The van der Waals surface area contributed by atoms with Gasteiger partial charge in [-0.3, -0.25) is 5.32 Å². The van der Waals surface area contributed by atoms with E-state index in [4.69, 9.17) is 19.1 Å². The summed E-state index contributed by atoms with van der Waals surface area (Å²) in [6.07, 6.45) is 6.39. The van der Waals surface area contributed by atoms with Crippen LogP contribution in [0, 0.1) is 0 Å². The van der Waals surface area contributed by atoms with Gasteiger partial charge < -0.3 is 19.0 Å². The Morgan fingerprint density at radius 2 is 1.81 bits per heavy atom. The minimum atomic E-state index is -0.461. The van der Waals surface area contributed by atoms with Gasteiger partial charge in [0.05, 0.1) is 24.3 Å². The average molecular weight is 494 g/mol. The quantitative estimate of drug-likeness (QED) is 0.315. The van der Waals surface area contributed by atoms with Crippen molar-refractivity contribution < 1.29 is 13.9 Å². The van der Waals surface area contributed by atoms with Crippen LogP contribution in [0.3, 0.4) is 0 Å². The molecular weight excluding hydrogens is 470 g/mol. The lowest BCUT2D eigenvalue weighted by molar-refractivity contribution is 0.262. The van der Waals surface area contributed by atoms with Crippen LogP contribution in [0.2, 0.25) is 0 Å². The van der Waals surface area contributed by atoms with E-state index in [9.17, 15) is 4.79 Å². The van der Waals surface area contributed by atoms with Crippen LogP contribution in [-0.2, 0) is 13.0 Å². The molecule has 0 radical (unpaired) electrons. The number of hydrogen-bond acceptors (Lipinski definition) is 6. The molecular formula is C27H23N7O3. The Bertz CT molecular complexity index is 1670. The third kappa shape index (κ3) is 4.59. The smallest absolute Gasteiger partial charge is 0.326 e. The summed E-state index contributed by atoms with van der Waals surface area (Å²) < 4.78 is 14.3. The van der Waals surface area contributed by atoms with Gasteiger partial charge in [-0.25, -0.2) is 14.8 Å². The Labute approximate surface area is 211 Å². The van der Waals surface area contributed by atoms with E-state index in [0.717, 1.165) is 18.4 Å². The zero-order chi connectivity index (χ0) is 25.2. The minimum Gasteiger partial charge on any atom is -0.497 e. The summed E-state index contributed by atoms with van der Waals surface area (Å²) in [5.74, 6) is 1.85. The Kier molecular flexibility index (Phi) is 5.74. The Morgan fingerprint density at radius 1 is 0.973 bits per heavy atom. The highest BCUT2D eigenvalue weighted by Crippen LogP contribution is 2.26. The van der Waals surface area contributed by atoms with E-state index < -0.39 is 6.03 Å². The highest BCUT2D eigenvalue weighted by molar-refractivity contribution is 6.00. The summed E-state index contributed by atoms with van der Waals surface area (Å²) in [6, 6.07) is 20.4. The van der Waals surface area contributed by atoms with Crippen molar-refractivity contribution in [2.24, 2.45) is 0 Å². The van der Waals surface area contributed by atoms with Gasteiger partial charge >= 0.3 is 6.03 Å². The van der Waals surface area contributed by atoms with Gasteiger partial charge in [-0.2, -0.15) is 4.52 Å². The van der Waals surface area contributed by atoms with Crippen LogP contribution >= 0.6 is 0 Å². The number of amides is 2. The van der Waals surface area contributed by atoms with Crippen LogP contribution in [0.4, 0.5) is 16.4 Å². The maximum Gasteiger partial charge on any atom is 0.326 e. The molecule has 2 amide bonds. The summed E-state index contributed by atoms with van der Waals surface area (Å²) in [5.41, 5.74) is 3.12. The van der Waals surface area contributed by atoms with Crippen molar-refractivity contribution in [3.05, 3.63) is 91.0 Å². The predicted octanol–water partition coefficient (Wildman–Crippen LogP) is 5.23. The lowest BCUT2D eigenvalue weighted by Gasteiger charge is -2.09. The second-order valence-electron chi connectivity index (χ2n) is 8.42. The van der Waals surface area contributed by atoms with Crippen molar-refractivity contribution >= 4 is 34.2 Å². The monoisotopic (exact) mass is 493 g/mol. The number of methoxy groups -OCH3 is 1. The van der Waals surface area contributed by atoms with Crippen molar-refractivity contribution in [1.29, 1.82) is 0 Å². The second kappa shape index (κ2) is 9.50. The molecule has 2 N–H and O–H groups in total. The number of fused-ring (bicyclic) bond motifs is 3. The van der Waals surface area contributed by atoms with Gasteiger partial charge in [0.2, 0.25) is 11.8 Å². The van der Waals surface area contributed by atoms with E-state index in [2.05, 4.69) is 32.4 Å². The van der Waals surface area contributed by atoms with E-state index in [0.29, 0.717) is 34.2 Å². The lowest BCUT2D eigenvalue weighted by Crippen LogP contribution is -2.22. The average Bonchev–Trinajstić information content (AvgIpc) is 3.68. The Morgan fingerprint density at radius 3 is 2.57 bits per heavy atom. The highest BCUT2D eigenvalue weighted by atomic mass is 16.5. The van der Waals surface area contributed by atoms with Crippen LogP contribution in [0.5, 0.6) is 5.75 Å². The van der Waals surface area contributed by atoms with E-state index in [1.807, 2.05) is 30.6 Å². The van der Waals surface area contributed by atoms with Crippen molar-refractivity contribution in [3.63, 3.8) is 0 Å². The minimum absolute atomic E-state index is 0.236. The van der Waals surface area contributed by atoms with E-state index >= 15 is 0 Å². The van der Waals surface area contributed by atoms with Crippen LogP contribution in [0.25, 0.3) is 28.1 Å². The number of benzene rings is 2. The number of anilines is 2. The standard InChI is InChI=1S/C27H23N7O3/c1-36-20-11-9-19(10-12-20)28-27(35)31-26-29-22-17-33(14-13-18-6-3-2-4-7-18)16-21(22)25-30-24(32-34(25)26)23-8-5-15-37-23/h2-12,15-17H,13-14H2,1H3,(H2,28,29,31,35). The first kappa shape index (κ1) is 22.4. The fraction of sp³-hybridized carbons (Fsp3) is 0.111. The number of carbonyl (C=O) groups is 1. The summed E-state index contributed by atoms with van der Waals surface area (Å²) in [7, 11) is 1.59. The molecule has 0 aliphatic carbocycles. The molecule has 0 aliphatic heterocycles. The number of rotatable bonds is 7. The summed E-state index contributed by atoms with van der Waals surface area (Å²) in [5, 5.41) is 11.0. The molecule has 0 spiro atoms. The topological polar surface area (TPSA) is 112 Å². The van der Waals surface area contributed by atoms with Gasteiger partial charge in [0, 0.05) is 24.6 Å². The molecule has 10 heteroatoms. The van der Waals surface area contributed by atoms with Gasteiger partial charge in [-0.05, 0) is 48.4 Å². The summed E-state index contributed by atoms with van der Waals surface area (Å²) >= 11 is 0. The van der Waals surface area contributed by atoms with Gasteiger partial charge in [-0.15, -0.1) is 5.10 Å². The molecule has 6 aromatic rings. The van der Waals surface area contributed by atoms with E-state index in [-0.39, 0.29) is 5.95 Å². The number of carbonyl (C=O) groups excluding carboxylic acids is 1. The zero-order valence-electron chi connectivity index (χ0n) is 20.0. The third-order valence-electron chi connectivity index (χ3n) is 5.95. The van der Waals surface area contributed by atoms with Gasteiger partial charge in [0.15, 0.2) is 11.4 Å². The van der Waals surface area contributed by atoms with Crippen LogP contribution < -0.4 is 15.4 Å². The molecule has 184 valence electrons. The number of aromatic nitrogens is 5. The highest BCUT2D eigenvalue weighted by Gasteiger charge is 2.18. The Hall–Kier alpha value is -5.12. The first-order valence-corrected chi connectivity index (χ1v) is 11.7. The van der Waals surface area contributed by atoms with Crippen molar-refractivity contribution in [2.75, 3.05) is 17.7 Å². The van der Waals surface area contributed by atoms with Crippen molar-refractivity contribution in [1.82, 2.24) is 24.1 Å². The number of furan rings is 1. The molecule has 0 atom stereocenters. The first-order valence-electron chi connectivity index (χ1n) is 11.7. The predicted molar refractivity (Wildman–Crippen MR) is 140 cm³/mol. The first-order chi connectivity index (χ1) is 18.2. The molecule has 6 rings (SSSR count). The Balaban J connectivity index is 1.34. The molecule has 4 aromatic heterocycles. The third-order valence-corrected chi connectivity index (χ3v) is 5.95. The molecule has 2 aromatic carbocycles. The molecule has 0 bridgehead atoms. The maximum atomic E-state index is 12.8. The van der Waals surface area contributed by atoms with Crippen LogP contribution in [0.15, 0.2) is 89.8 Å². The lowest BCUT2D eigenvalue weighted by atomic mass is 10.1. The zero-order valence-corrected chi connectivity index (χ0v) is 20.0. The molecule has 4 heterocycles.